The molecule has 1 saturated heterocycles. The van der Waals surface area contributed by atoms with Crippen LogP contribution in [0, 0.1) is 0 Å². The number of nitrogens with one attached hydrogen (secondary N) is 2. The van der Waals surface area contributed by atoms with E-state index in [0.29, 0.717) is 42.5 Å². The lowest BCUT2D eigenvalue weighted by atomic mass is 10.1. The summed E-state index contributed by atoms with van der Waals surface area (Å²) in [6.45, 7) is 2.38. The topological polar surface area (TPSA) is 83.1 Å². The van der Waals surface area contributed by atoms with Crippen molar-refractivity contribution in [3.63, 3.8) is 0 Å². The van der Waals surface area contributed by atoms with Crippen molar-refractivity contribution in [2.45, 2.75) is 6.42 Å². The van der Waals surface area contributed by atoms with E-state index >= 15 is 0 Å². The lowest BCUT2D eigenvalue weighted by Crippen LogP contribution is -2.40. The average molecular weight is 448 g/mol. The third kappa shape index (κ3) is 4.44. The third-order valence-electron chi connectivity index (χ3n) is 5.44. The van der Waals surface area contributed by atoms with E-state index in [9.17, 15) is 4.79 Å². The van der Waals surface area contributed by atoms with E-state index in [4.69, 9.17) is 16.3 Å². The highest BCUT2D eigenvalue weighted by atomic mass is 35.5. The Hall–Kier alpha value is -3.42. The first kappa shape index (κ1) is 20.5. The number of fused-ring (bicyclic) bond motifs is 1. The molecule has 0 saturated carbocycles. The predicted octanol–water partition coefficient (Wildman–Crippen LogP) is 4.42. The van der Waals surface area contributed by atoms with Gasteiger partial charge in [0.15, 0.2) is 5.65 Å². The molecule has 32 heavy (non-hydrogen) atoms. The van der Waals surface area contributed by atoms with Crippen LogP contribution in [0.1, 0.15) is 21.5 Å². The van der Waals surface area contributed by atoms with E-state index in [1.165, 1.54) is 0 Å². The summed E-state index contributed by atoms with van der Waals surface area (Å²) in [5, 5.41) is 12.3. The van der Waals surface area contributed by atoms with Gasteiger partial charge in [-0.15, -0.1) is 0 Å². The highest BCUT2D eigenvalue weighted by Gasteiger charge is 2.19. The van der Waals surface area contributed by atoms with Gasteiger partial charge in [-0.05, 0) is 53.9 Å². The largest absolute Gasteiger partial charge is 0.378 e. The molecule has 7 nitrogen and oxygen atoms in total. The molecule has 0 bridgehead atoms. The standard InChI is InChI=1S/C24H22ClN5O2/c25-19-5-1-3-16(12-19)11-17-13-21-22(26-15-17)28-29-23(21)27-20-6-2-4-18(14-20)24(31)30-7-9-32-10-8-30/h1-6,12-15H,7-11H2,(H2,26,27,28,29). The smallest absolute Gasteiger partial charge is 0.254 e. The van der Waals surface area contributed by atoms with Crippen LogP contribution >= 0.6 is 11.6 Å². The van der Waals surface area contributed by atoms with Gasteiger partial charge in [0, 0.05) is 35.6 Å². The molecule has 0 spiro atoms. The number of rotatable bonds is 5. The molecule has 1 aliphatic heterocycles. The SMILES string of the molecule is O=C(c1cccc(Nc2[nH]nc3ncc(Cc4cccc(Cl)c4)cc23)c1)N1CCOCC1. The Balaban J connectivity index is 1.37. The van der Waals surface area contributed by atoms with E-state index in [-0.39, 0.29) is 5.91 Å². The van der Waals surface area contributed by atoms with E-state index in [2.05, 4.69) is 26.6 Å². The Morgan fingerprint density at radius 1 is 1.09 bits per heavy atom. The highest BCUT2D eigenvalue weighted by Crippen LogP contribution is 2.25. The van der Waals surface area contributed by atoms with Gasteiger partial charge in [0.25, 0.3) is 5.91 Å². The van der Waals surface area contributed by atoms with Crippen molar-refractivity contribution >= 4 is 40.0 Å². The number of hydrogen-bond acceptors (Lipinski definition) is 5. The van der Waals surface area contributed by atoms with Gasteiger partial charge in [-0.2, -0.15) is 5.10 Å². The summed E-state index contributed by atoms with van der Waals surface area (Å²) in [6, 6.07) is 17.4. The zero-order valence-electron chi connectivity index (χ0n) is 17.3. The number of amides is 1. The zero-order chi connectivity index (χ0) is 21.9. The van der Waals surface area contributed by atoms with Crippen molar-refractivity contribution in [2.75, 3.05) is 31.6 Å². The summed E-state index contributed by atoms with van der Waals surface area (Å²) in [7, 11) is 0. The first-order valence-electron chi connectivity index (χ1n) is 10.5. The summed E-state index contributed by atoms with van der Waals surface area (Å²) in [6.07, 6.45) is 2.55. The first-order chi connectivity index (χ1) is 15.7. The number of aromatic amines is 1. The molecule has 2 N–H and O–H groups in total. The summed E-state index contributed by atoms with van der Waals surface area (Å²) < 4.78 is 5.34. The van der Waals surface area contributed by atoms with Crippen molar-refractivity contribution in [1.29, 1.82) is 0 Å². The maximum Gasteiger partial charge on any atom is 0.254 e. The molecule has 2 aromatic carbocycles. The third-order valence-corrected chi connectivity index (χ3v) is 5.68. The number of ether oxygens (including phenoxy) is 1. The Bertz CT molecular complexity index is 1270. The van der Waals surface area contributed by atoms with Gasteiger partial charge in [-0.3, -0.25) is 9.89 Å². The maximum atomic E-state index is 12.8. The molecule has 2 aromatic heterocycles. The Kier molecular flexibility index (Phi) is 5.75. The molecule has 162 valence electrons. The lowest BCUT2D eigenvalue weighted by Gasteiger charge is -2.27. The minimum atomic E-state index is 0.0110. The fourth-order valence-corrected chi connectivity index (χ4v) is 4.05. The number of H-pyrrole nitrogens is 1. The average Bonchev–Trinajstić information content (AvgIpc) is 3.21. The molecule has 5 rings (SSSR count). The second-order valence-corrected chi connectivity index (χ2v) is 8.17. The van der Waals surface area contributed by atoms with Gasteiger partial charge in [-0.1, -0.05) is 29.8 Å². The van der Waals surface area contributed by atoms with Gasteiger partial charge in [0.05, 0.1) is 18.6 Å². The molecule has 0 unspecified atom stereocenters. The van der Waals surface area contributed by atoms with Gasteiger partial charge < -0.3 is 15.0 Å². The molecule has 0 aliphatic carbocycles. The highest BCUT2D eigenvalue weighted by molar-refractivity contribution is 6.30. The number of nitrogens with zero attached hydrogens (tertiary/aromatic N) is 3. The number of morpholine rings is 1. The second-order valence-electron chi connectivity index (χ2n) is 7.73. The van der Waals surface area contributed by atoms with E-state index in [1.807, 2.05) is 59.6 Å². The van der Waals surface area contributed by atoms with E-state index in [0.717, 1.165) is 34.4 Å². The molecule has 3 heterocycles. The van der Waals surface area contributed by atoms with Crippen LogP contribution in [0.5, 0.6) is 0 Å². The summed E-state index contributed by atoms with van der Waals surface area (Å²) in [5.74, 6) is 0.744. The molecule has 4 aromatic rings. The maximum absolute atomic E-state index is 12.8. The summed E-state index contributed by atoms with van der Waals surface area (Å²) in [5.41, 5.74) is 4.24. The van der Waals surface area contributed by atoms with Crippen LogP contribution < -0.4 is 5.32 Å². The van der Waals surface area contributed by atoms with Crippen molar-refractivity contribution < 1.29 is 9.53 Å². The number of aromatic nitrogens is 3. The fraction of sp³-hybridized carbons (Fsp3) is 0.208. The number of carbonyl (C=O) groups is 1. The molecule has 0 radical (unpaired) electrons. The molecule has 8 heteroatoms. The lowest BCUT2D eigenvalue weighted by molar-refractivity contribution is 0.0303. The first-order valence-corrected chi connectivity index (χ1v) is 10.8. The Morgan fingerprint density at radius 2 is 1.94 bits per heavy atom. The van der Waals surface area contributed by atoms with E-state index < -0.39 is 0 Å². The van der Waals surface area contributed by atoms with Crippen molar-refractivity contribution in [2.24, 2.45) is 0 Å². The minimum absolute atomic E-state index is 0.0110. The van der Waals surface area contributed by atoms with Crippen molar-refractivity contribution in [3.05, 3.63) is 82.5 Å². The van der Waals surface area contributed by atoms with Crippen LogP contribution in [-0.2, 0) is 11.2 Å². The Labute approximate surface area is 190 Å². The fourth-order valence-electron chi connectivity index (χ4n) is 3.84. The van der Waals surface area contributed by atoms with Crippen molar-refractivity contribution in [3.8, 4) is 0 Å². The molecule has 1 amide bonds. The van der Waals surface area contributed by atoms with E-state index in [1.54, 1.807) is 0 Å². The monoisotopic (exact) mass is 447 g/mol. The van der Waals surface area contributed by atoms with Gasteiger partial charge >= 0.3 is 0 Å². The number of carbonyl (C=O) groups excluding carboxylic acids is 1. The minimum Gasteiger partial charge on any atom is -0.378 e. The molecular formula is C24H22ClN5O2. The van der Waals surface area contributed by atoms with Crippen LogP contribution in [-0.4, -0.2) is 52.3 Å². The van der Waals surface area contributed by atoms with Crippen LogP contribution in [0.25, 0.3) is 11.0 Å². The number of pyridine rings is 1. The quantitative estimate of drug-likeness (QED) is 0.473. The molecular weight excluding hydrogens is 426 g/mol. The summed E-state index contributed by atoms with van der Waals surface area (Å²) >= 11 is 6.11. The van der Waals surface area contributed by atoms with Gasteiger partial charge in [0.2, 0.25) is 0 Å². The van der Waals surface area contributed by atoms with Gasteiger partial charge in [0.1, 0.15) is 5.82 Å². The van der Waals surface area contributed by atoms with Crippen LogP contribution in [0.2, 0.25) is 5.02 Å². The summed E-state index contributed by atoms with van der Waals surface area (Å²) in [4.78, 5) is 19.1. The zero-order valence-corrected chi connectivity index (χ0v) is 18.1. The van der Waals surface area contributed by atoms with Crippen LogP contribution in [0.3, 0.4) is 0 Å². The number of hydrogen-bond donors (Lipinski definition) is 2. The molecule has 0 atom stereocenters. The number of benzene rings is 2. The second kappa shape index (κ2) is 8.98. The molecule has 1 fully saturated rings. The number of halogens is 1. The molecule has 1 aliphatic rings. The normalized spacial score (nSPS) is 14.0. The van der Waals surface area contributed by atoms with Crippen LogP contribution in [0.4, 0.5) is 11.5 Å². The predicted molar refractivity (Wildman–Crippen MR) is 125 cm³/mol. The number of anilines is 2. The Morgan fingerprint density at radius 3 is 2.78 bits per heavy atom. The van der Waals surface area contributed by atoms with Crippen molar-refractivity contribution in [1.82, 2.24) is 20.1 Å². The van der Waals surface area contributed by atoms with Gasteiger partial charge in [-0.25, -0.2) is 4.98 Å². The van der Waals surface area contributed by atoms with Crippen LogP contribution in [0.15, 0.2) is 60.8 Å².